The highest BCUT2D eigenvalue weighted by Gasteiger charge is 2.05. The van der Waals surface area contributed by atoms with Gasteiger partial charge in [0.1, 0.15) is 0 Å². The second-order valence-electron chi connectivity index (χ2n) is 2.05. The topological polar surface area (TPSA) is 58.9 Å². The number of hydrogen-bond donors (Lipinski definition) is 1. The van der Waals surface area contributed by atoms with Gasteiger partial charge in [-0.05, 0) is 28.1 Å². The van der Waals surface area contributed by atoms with E-state index in [-0.39, 0.29) is 0 Å². The Morgan fingerprint density at radius 3 is 2.92 bits per heavy atom. The van der Waals surface area contributed by atoms with Gasteiger partial charge >= 0.3 is 5.76 Å². The molecule has 2 aromatic heterocycles. The van der Waals surface area contributed by atoms with Crippen molar-refractivity contribution in [2.45, 2.75) is 0 Å². The van der Waals surface area contributed by atoms with Crippen molar-refractivity contribution in [1.29, 1.82) is 0 Å². The fourth-order valence-electron chi connectivity index (χ4n) is 0.778. The molecule has 0 atom stereocenters. The van der Waals surface area contributed by atoms with Crippen molar-refractivity contribution in [2.24, 2.45) is 0 Å². The second kappa shape index (κ2) is 2.87. The molecule has 0 saturated heterocycles. The van der Waals surface area contributed by atoms with E-state index in [2.05, 4.69) is 30.6 Å². The van der Waals surface area contributed by atoms with E-state index in [4.69, 9.17) is 0 Å². The van der Waals surface area contributed by atoms with Crippen LogP contribution in [-0.2, 0) is 0 Å². The predicted octanol–water partition coefficient (Wildman–Crippen LogP) is 1.85. The minimum Gasteiger partial charge on any atom is -0.296 e. The number of thiophene rings is 1. The maximum Gasteiger partial charge on any atom is 0.439 e. The van der Waals surface area contributed by atoms with E-state index in [0.717, 1.165) is 8.66 Å². The highest BCUT2D eigenvalue weighted by atomic mass is 79.9. The third-order valence-corrected chi connectivity index (χ3v) is 2.88. The Labute approximate surface area is 79.3 Å². The molecular weight excluding hydrogens is 244 g/mol. The molecule has 0 unspecified atom stereocenters. The zero-order valence-corrected chi connectivity index (χ0v) is 8.11. The molecule has 12 heavy (non-hydrogen) atoms. The van der Waals surface area contributed by atoms with Gasteiger partial charge in [0.2, 0.25) is 0 Å². The SMILES string of the molecule is O=c1[nH]c(-c2ccc(Br)s2)no1. The first kappa shape index (κ1) is 7.75. The van der Waals surface area contributed by atoms with Crippen LogP contribution >= 0.6 is 27.3 Å². The Balaban J connectivity index is 2.50. The lowest BCUT2D eigenvalue weighted by molar-refractivity contribution is 0.388. The van der Waals surface area contributed by atoms with Crippen molar-refractivity contribution in [3.05, 3.63) is 26.5 Å². The first-order valence-electron chi connectivity index (χ1n) is 3.07. The molecule has 62 valence electrons. The molecule has 0 aliphatic heterocycles. The molecule has 0 amide bonds. The van der Waals surface area contributed by atoms with Gasteiger partial charge in [-0.25, -0.2) is 4.79 Å². The van der Waals surface area contributed by atoms with Crippen LogP contribution in [0.4, 0.5) is 0 Å². The summed E-state index contributed by atoms with van der Waals surface area (Å²) < 4.78 is 5.35. The van der Waals surface area contributed by atoms with Crippen molar-refractivity contribution in [3.8, 4) is 10.7 Å². The number of halogens is 1. The normalized spacial score (nSPS) is 10.4. The fraction of sp³-hybridized carbons (Fsp3) is 0. The summed E-state index contributed by atoms with van der Waals surface area (Å²) in [5, 5.41) is 3.55. The first-order valence-corrected chi connectivity index (χ1v) is 4.68. The maximum absolute atomic E-state index is 10.6. The lowest BCUT2D eigenvalue weighted by atomic mass is 10.4. The Kier molecular flexibility index (Phi) is 1.86. The second-order valence-corrected chi connectivity index (χ2v) is 4.51. The zero-order chi connectivity index (χ0) is 8.55. The summed E-state index contributed by atoms with van der Waals surface area (Å²) in [5.41, 5.74) is 0. The number of nitrogens with zero attached hydrogens (tertiary/aromatic N) is 1. The Hall–Kier alpha value is -0.880. The van der Waals surface area contributed by atoms with Gasteiger partial charge in [0, 0.05) is 0 Å². The number of aromatic nitrogens is 2. The van der Waals surface area contributed by atoms with Gasteiger partial charge in [0.25, 0.3) is 0 Å². The van der Waals surface area contributed by atoms with Gasteiger partial charge in [-0.2, -0.15) is 0 Å². The minimum atomic E-state index is -0.533. The van der Waals surface area contributed by atoms with Crippen LogP contribution in [0.1, 0.15) is 0 Å². The minimum absolute atomic E-state index is 0.468. The van der Waals surface area contributed by atoms with Gasteiger partial charge < -0.3 is 0 Å². The smallest absolute Gasteiger partial charge is 0.296 e. The lowest BCUT2D eigenvalue weighted by Gasteiger charge is -1.82. The summed E-state index contributed by atoms with van der Waals surface area (Å²) in [6.07, 6.45) is 0. The summed E-state index contributed by atoms with van der Waals surface area (Å²) >= 11 is 4.78. The summed E-state index contributed by atoms with van der Waals surface area (Å²) in [5.74, 6) is -0.0646. The molecule has 0 aliphatic carbocycles. The van der Waals surface area contributed by atoms with Crippen LogP contribution in [0.2, 0.25) is 0 Å². The average molecular weight is 247 g/mol. The molecule has 0 spiro atoms. The van der Waals surface area contributed by atoms with Crippen LogP contribution in [0.25, 0.3) is 10.7 Å². The molecule has 2 aromatic rings. The molecule has 0 aromatic carbocycles. The number of nitrogens with one attached hydrogen (secondary N) is 1. The van der Waals surface area contributed by atoms with Gasteiger partial charge in [-0.1, -0.05) is 5.16 Å². The standard InChI is InChI=1S/C6H3BrN2O2S/c7-4-2-1-3(12-4)5-8-6(10)11-9-5/h1-2H,(H,8,9,10). The summed E-state index contributed by atoms with van der Waals surface area (Å²) in [4.78, 5) is 13.9. The summed E-state index contributed by atoms with van der Waals surface area (Å²) in [6.45, 7) is 0. The molecular formula is C6H3BrN2O2S. The third-order valence-electron chi connectivity index (χ3n) is 1.25. The van der Waals surface area contributed by atoms with E-state index < -0.39 is 5.76 Å². The quantitative estimate of drug-likeness (QED) is 0.836. The van der Waals surface area contributed by atoms with Gasteiger partial charge in [-0.15, -0.1) is 11.3 Å². The highest BCUT2D eigenvalue weighted by molar-refractivity contribution is 9.11. The van der Waals surface area contributed by atoms with Crippen molar-refractivity contribution in [2.75, 3.05) is 0 Å². The molecule has 4 nitrogen and oxygen atoms in total. The molecule has 0 fully saturated rings. The zero-order valence-electron chi connectivity index (χ0n) is 5.70. The largest absolute Gasteiger partial charge is 0.439 e. The Bertz CT molecular complexity index is 444. The number of aromatic amines is 1. The van der Waals surface area contributed by atoms with Crippen LogP contribution in [0.5, 0.6) is 0 Å². The first-order chi connectivity index (χ1) is 5.75. The van der Waals surface area contributed by atoms with E-state index >= 15 is 0 Å². The molecule has 0 radical (unpaired) electrons. The van der Waals surface area contributed by atoms with Crippen LogP contribution in [-0.4, -0.2) is 10.1 Å². The van der Waals surface area contributed by atoms with Crippen molar-refractivity contribution in [1.82, 2.24) is 10.1 Å². The number of rotatable bonds is 1. The van der Waals surface area contributed by atoms with E-state index in [9.17, 15) is 4.79 Å². The van der Waals surface area contributed by atoms with E-state index in [1.807, 2.05) is 12.1 Å². The fourth-order valence-corrected chi connectivity index (χ4v) is 2.10. The summed E-state index contributed by atoms with van der Waals surface area (Å²) in [7, 11) is 0. The summed E-state index contributed by atoms with van der Waals surface area (Å²) in [6, 6.07) is 3.73. The third kappa shape index (κ3) is 1.35. The lowest BCUT2D eigenvalue weighted by Crippen LogP contribution is -1.94. The number of hydrogen-bond acceptors (Lipinski definition) is 4. The highest BCUT2D eigenvalue weighted by Crippen LogP contribution is 2.28. The number of H-pyrrole nitrogens is 1. The molecule has 1 N–H and O–H groups in total. The molecule has 6 heteroatoms. The van der Waals surface area contributed by atoms with Gasteiger partial charge in [0.05, 0.1) is 8.66 Å². The van der Waals surface area contributed by atoms with Crippen molar-refractivity contribution >= 4 is 27.3 Å². The molecule has 2 rings (SSSR count). The predicted molar refractivity (Wildman–Crippen MR) is 48.1 cm³/mol. The van der Waals surface area contributed by atoms with Crippen LogP contribution in [0, 0.1) is 0 Å². The molecule has 0 bridgehead atoms. The van der Waals surface area contributed by atoms with E-state index in [0.29, 0.717) is 5.82 Å². The van der Waals surface area contributed by atoms with Gasteiger partial charge in [-0.3, -0.25) is 9.51 Å². The Morgan fingerprint density at radius 1 is 1.58 bits per heavy atom. The molecule has 0 saturated carbocycles. The maximum atomic E-state index is 10.6. The monoisotopic (exact) mass is 246 g/mol. The Morgan fingerprint density at radius 2 is 2.42 bits per heavy atom. The van der Waals surface area contributed by atoms with Crippen LogP contribution in [0.15, 0.2) is 25.2 Å². The van der Waals surface area contributed by atoms with Crippen LogP contribution < -0.4 is 5.76 Å². The van der Waals surface area contributed by atoms with E-state index in [1.54, 1.807) is 0 Å². The molecule has 0 aliphatic rings. The molecule has 2 heterocycles. The van der Waals surface area contributed by atoms with Crippen molar-refractivity contribution in [3.63, 3.8) is 0 Å². The van der Waals surface area contributed by atoms with Crippen molar-refractivity contribution < 1.29 is 4.52 Å². The van der Waals surface area contributed by atoms with Crippen LogP contribution in [0.3, 0.4) is 0 Å². The van der Waals surface area contributed by atoms with Gasteiger partial charge in [0.15, 0.2) is 5.82 Å². The average Bonchev–Trinajstić information content (AvgIpc) is 2.58. The van der Waals surface area contributed by atoms with E-state index in [1.165, 1.54) is 11.3 Å².